The number of carbonyl (C=O) groups excluding carboxylic acids is 3. The molecule has 0 saturated carbocycles. The van der Waals surface area contributed by atoms with Crippen LogP contribution in [0.25, 0.3) is 21.5 Å². The van der Waals surface area contributed by atoms with E-state index in [0.717, 1.165) is 21.7 Å². The molecule has 4 heteroatoms. The van der Waals surface area contributed by atoms with Gasteiger partial charge in [-0.2, -0.15) is 0 Å². The molecule has 5 aromatic carbocycles. The number of hydrogen-bond acceptors (Lipinski definition) is 3. The molecular weight excluding hydrogens is 434 g/mol. The SMILES string of the molecule is O=C(CC(=O)N(Cc1ccc2ccccc2c1)c1ccccc1)C(=O)c1cccc2ccccc12. The highest BCUT2D eigenvalue weighted by Crippen LogP contribution is 2.23. The van der Waals surface area contributed by atoms with E-state index < -0.39 is 23.9 Å². The van der Waals surface area contributed by atoms with E-state index >= 15 is 0 Å². The average Bonchev–Trinajstić information content (AvgIpc) is 2.91. The molecule has 0 fully saturated rings. The average molecular weight is 458 g/mol. The Morgan fingerprint density at radius 3 is 2.06 bits per heavy atom. The van der Waals surface area contributed by atoms with Gasteiger partial charge >= 0.3 is 0 Å². The van der Waals surface area contributed by atoms with E-state index in [2.05, 4.69) is 0 Å². The van der Waals surface area contributed by atoms with E-state index in [1.807, 2.05) is 103 Å². The zero-order valence-electron chi connectivity index (χ0n) is 19.1. The normalized spacial score (nSPS) is 10.9. The van der Waals surface area contributed by atoms with Gasteiger partial charge in [0.15, 0.2) is 0 Å². The highest BCUT2D eigenvalue weighted by molar-refractivity contribution is 6.48. The van der Waals surface area contributed by atoms with Crippen LogP contribution in [0.5, 0.6) is 0 Å². The van der Waals surface area contributed by atoms with Crippen molar-refractivity contribution in [1.82, 2.24) is 0 Å². The minimum absolute atomic E-state index is 0.295. The zero-order valence-corrected chi connectivity index (χ0v) is 19.1. The summed E-state index contributed by atoms with van der Waals surface area (Å²) >= 11 is 0. The van der Waals surface area contributed by atoms with Crippen LogP contribution in [0.2, 0.25) is 0 Å². The molecule has 5 rings (SSSR count). The van der Waals surface area contributed by atoms with Gasteiger partial charge in [0.25, 0.3) is 0 Å². The molecule has 0 heterocycles. The molecule has 0 N–H and O–H groups in total. The van der Waals surface area contributed by atoms with Crippen LogP contribution >= 0.6 is 0 Å². The number of rotatable bonds is 7. The van der Waals surface area contributed by atoms with Crippen molar-refractivity contribution >= 4 is 44.7 Å². The highest BCUT2D eigenvalue weighted by atomic mass is 16.2. The van der Waals surface area contributed by atoms with Gasteiger partial charge in [-0.05, 0) is 45.3 Å². The fourth-order valence-electron chi connectivity index (χ4n) is 4.34. The molecule has 0 atom stereocenters. The Bertz CT molecular complexity index is 1550. The molecule has 0 aliphatic heterocycles. The highest BCUT2D eigenvalue weighted by Gasteiger charge is 2.25. The first-order chi connectivity index (χ1) is 17.1. The molecule has 0 unspecified atom stereocenters. The van der Waals surface area contributed by atoms with Crippen LogP contribution in [0, 0.1) is 0 Å². The lowest BCUT2D eigenvalue weighted by atomic mass is 9.98. The summed E-state index contributed by atoms with van der Waals surface area (Å²) in [5.74, 6) is -1.78. The number of benzene rings is 5. The summed E-state index contributed by atoms with van der Waals surface area (Å²) < 4.78 is 0. The van der Waals surface area contributed by atoms with E-state index in [1.165, 1.54) is 0 Å². The van der Waals surface area contributed by atoms with Crippen molar-refractivity contribution in [1.29, 1.82) is 0 Å². The van der Waals surface area contributed by atoms with Gasteiger partial charge in [-0.15, -0.1) is 0 Å². The minimum atomic E-state index is -0.717. The van der Waals surface area contributed by atoms with Gasteiger partial charge in [-0.3, -0.25) is 14.4 Å². The van der Waals surface area contributed by atoms with E-state index in [1.54, 1.807) is 17.0 Å². The Hall–Kier alpha value is -4.57. The number of nitrogens with zero attached hydrogens (tertiary/aromatic N) is 1. The maximum atomic E-state index is 13.4. The lowest BCUT2D eigenvalue weighted by molar-refractivity contribution is -0.124. The second-order valence-corrected chi connectivity index (χ2v) is 8.45. The third kappa shape index (κ3) is 4.73. The summed E-state index contributed by atoms with van der Waals surface area (Å²) in [5.41, 5.74) is 1.94. The fourth-order valence-corrected chi connectivity index (χ4v) is 4.34. The summed E-state index contributed by atoms with van der Waals surface area (Å²) in [4.78, 5) is 40.9. The van der Waals surface area contributed by atoms with Crippen LogP contribution in [-0.4, -0.2) is 17.5 Å². The molecule has 0 aliphatic rings. The van der Waals surface area contributed by atoms with Crippen LogP contribution < -0.4 is 4.90 Å². The molecule has 170 valence electrons. The van der Waals surface area contributed by atoms with Gasteiger partial charge in [-0.1, -0.05) is 97.1 Å². The van der Waals surface area contributed by atoms with Crippen molar-refractivity contribution in [2.24, 2.45) is 0 Å². The summed E-state index contributed by atoms with van der Waals surface area (Å²) in [6, 6.07) is 36.0. The van der Waals surface area contributed by atoms with Crippen molar-refractivity contribution in [2.75, 3.05) is 4.90 Å². The molecule has 4 nitrogen and oxygen atoms in total. The zero-order chi connectivity index (χ0) is 24.2. The lowest BCUT2D eigenvalue weighted by Crippen LogP contribution is -2.33. The second-order valence-electron chi connectivity index (χ2n) is 8.45. The molecule has 1 amide bonds. The number of carbonyl (C=O) groups is 3. The number of para-hydroxylation sites is 1. The van der Waals surface area contributed by atoms with Crippen molar-refractivity contribution in [3.8, 4) is 0 Å². The molecule has 0 spiro atoms. The summed E-state index contributed by atoms with van der Waals surface area (Å²) in [6.07, 6.45) is -0.496. The Morgan fingerprint density at radius 2 is 1.26 bits per heavy atom. The maximum absolute atomic E-state index is 13.4. The lowest BCUT2D eigenvalue weighted by Gasteiger charge is -2.23. The van der Waals surface area contributed by atoms with Crippen LogP contribution in [0.1, 0.15) is 22.3 Å². The molecular formula is C31H23NO3. The van der Waals surface area contributed by atoms with Gasteiger partial charge in [0.1, 0.15) is 0 Å². The topological polar surface area (TPSA) is 54.5 Å². The fraction of sp³-hybridized carbons (Fsp3) is 0.0645. The van der Waals surface area contributed by atoms with E-state index in [9.17, 15) is 14.4 Å². The van der Waals surface area contributed by atoms with Crippen LogP contribution in [0.4, 0.5) is 5.69 Å². The molecule has 35 heavy (non-hydrogen) atoms. The first-order valence-electron chi connectivity index (χ1n) is 11.5. The number of hydrogen-bond donors (Lipinski definition) is 0. The van der Waals surface area contributed by atoms with Crippen LogP contribution in [0.3, 0.4) is 0 Å². The predicted molar refractivity (Wildman–Crippen MR) is 139 cm³/mol. The van der Waals surface area contributed by atoms with Crippen LogP contribution in [0.15, 0.2) is 115 Å². The number of anilines is 1. The number of amides is 1. The molecule has 0 bridgehead atoms. The first kappa shape index (κ1) is 22.2. The molecule has 0 aliphatic carbocycles. The minimum Gasteiger partial charge on any atom is -0.308 e. The first-order valence-corrected chi connectivity index (χ1v) is 11.5. The maximum Gasteiger partial charge on any atom is 0.235 e. The molecule has 0 aromatic heterocycles. The van der Waals surface area contributed by atoms with Gasteiger partial charge in [0, 0.05) is 11.3 Å². The summed E-state index contributed by atoms with van der Waals surface area (Å²) in [7, 11) is 0. The Labute approximate surface area is 203 Å². The Kier molecular flexibility index (Phi) is 6.18. The summed E-state index contributed by atoms with van der Waals surface area (Å²) in [5, 5.41) is 3.77. The number of fused-ring (bicyclic) bond motifs is 2. The smallest absolute Gasteiger partial charge is 0.235 e. The largest absolute Gasteiger partial charge is 0.308 e. The van der Waals surface area contributed by atoms with Crippen LogP contribution in [-0.2, 0) is 16.1 Å². The predicted octanol–water partition coefficient (Wildman–Crippen LogP) is 6.37. The number of Topliss-reactive ketones (excluding diaryl/α,β-unsaturated/α-hetero) is 2. The Balaban J connectivity index is 1.41. The number of ketones is 2. The van der Waals surface area contributed by atoms with Crippen molar-refractivity contribution in [3.63, 3.8) is 0 Å². The van der Waals surface area contributed by atoms with Gasteiger partial charge < -0.3 is 4.90 Å². The third-order valence-electron chi connectivity index (χ3n) is 6.12. The second kappa shape index (κ2) is 9.74. The van der Waals surface area contributed by atoms with Crippen molar-refractivity contribution in [2.45, 2.75) is 13.0 Å². The molecule has 5 aromatic rings. The quantitative estimate of drug-likeness (QED) is 0.162. The third-order valence-corrected chi connectivity index (χ3v) is 6.12. The van der Waals surface area contributed by atoms with E-state index in [-0.39, 0.29) is 0 Å². The summed E-state index contributed by atoms with van der Waals surface area (Å²) in [6.45, 7) is 0.295. The van der Waals surface area contributed by atoms with Gasteiger partial charge in [0.05, 0.1) is 13.0 Å². The van der Waals surface area contributed by atoms with Gasteiger partial charge in [0.2, 0.25) is 17.5 Å². The van der Waals surface area contributed by atoms with Crippen molar-refractivity contribution in [3.05, 3.63) is 126 Å². The van der Waals surface area contributed by atoms with Crippen molar-refractivity contribution < 1.29 is 14.4 Å². The monoisotopic (exact) mass is 457 g/mol. The van der Waals surface area contributed by atoms with E-state index in [4.69, 9.17) is 0 Å². The van der Waals surface area contributed by atoms with Gasteiger partial charge in [-0.25, -0.2) is 0 Å². The molecule has 0 radical (unpaired) electrons. The Morgan fingerprint density at radius 1 is 0.600 bits per heavy atom. The standard InChI is InChI=1S/C31H23NO3/c33-29(31(35)28-16-8-12-24-10-6-7-15-27(24)28)20-30(34)32(26-13-2-1-3-14-26)21-22-17-18-23-9-4-5-11-25(23)19-22/h1-19H,20-21H2. The molecule has 0 saturated heterocycles. The van der Waals surface area contributed by atoms with E-state index in [0.29, 0.717) is 23.2 Å².